The molecule has 0 radical (unpaired) electrons. The van der Waals surface area contributed by atoms with Crippen LogP contribution in [-0.4, -0.2) is 18.1 Å². The number of halogens is 6. The molecule has 20 heavy (non-hydrogen) atoms. The Kier molecular flexibility index (Phi) is 4.52. The van der Waals surface area contributed by atoms with Gasteiger partial charge >= 0.3 is 12.4 Å². The molecule has 0 amide bonds. The molecule has 1 saturated carbocycles. The normalized spacial score (nSPS) is 31.9. The molecule has 3 unspecified atom stereocenters. The molecule has 1 rings (SSSR count). The van der Waals surface area contributed by atoms with Gasteiger partial charge in [-0.15, -0.1) is 0 Å². The maximum atomic E-state index is 12.7. The van der Waals surface area contributed by atoms with E-state index in [1.807, 2.05) is 0 Å². The first kappa shape index (κ1) is 17.3. The van der Waals surface area contributed by atoms with E-state index in [2.05, 4.69) is 0 Å². The number of carbonyl (C=O) groups is 1. The third kappa shape index (κ3) is 3.28. The van der Waals surface area contributed by atoms with E-state index in [4.69, 9.17) is 0 Å². The molecule has 1 aliphatic rings. The Labute approximate surface area is 113 Å². The molecule has 7 heteroatoms. The molecule has 0 aromatic carbocycles. The molecule has 0 bridgehead atoms. The van der Waals surface area contributed by atoms with Crippen molar-refractivity contribution in [1.82, 2.24) is 0 Å². The smallest absolute Gasteiger partial charge is 0.299 e. The van der Waals surface area contributed by atoms with Crippen LogP contribution in [0.1, 0.15) is 40.0 Å². The van der Waals surface area contributed by atoms with Gasteiger partial charge in [0.1, 0.15) is 5.78 Å². The highest BCUT2D eigenvalue weighted by Gasteiger charge is 2.61. The maximum Gasteiger partial charge on any atom is 0.400 e. The summed E-state index contributed by atoms with van der Waals surface area (Å²) in [4.78, 5) is 11.8. The first-order valence-corrected chi connectivity index (χ1v) is 6.45. The Morgan fingerprint density at radius 2 is 1.60 bits per heavy atom. The van der Waals surface area contributed by atoms with Gasteiger partial charge in [0.25, 0.3) is 0 Å². The van der Waals surface area contributed by atoms with Crippen molar-refractivity contribution < 1.29 is 31.1 Å². The predicted octanol–water partition coefficient (Wildman–Crippen LogP) is 4.76. The molecular formula is C13H18F6O. The molecule has 0 aromatic heterocycles. The van der Waals surface area contributed by atoms with Crippen molar-refractivity contribution in [3.63, 3.8) is 0 Å². The lowest BCUT2D eigenvalue weighted by atomic mass is 9.69. The van der Waals surface area contributed by atoms with Crippen LogP contribution in [0.5, 0.6) is 0 Å². The Bertz CT molecular complexity index is 358. The first-order chi connectivity index (χ1) is 8.80. The minimum Gasteiger partial charge on any atom is -0.299 e. The Balaban J connectivity index is 3.15. The van der Waals surface area contributed by atoms with E-state index in [0.29, 0.717) is 6.42 Å². The van der Waals surface area contributed by atoms with Crippen molar-refractivity contribution in [3.05, 3.63) is 0 Å². The second-order valence-electron chi connectivity index (χ2n) is 6.00. The van der Waals surface area contributed by atoms with E-state index in [-0.39, 0.29) is 12.3 Å². The summed E-state index contributed by atoms with van der Waals surface area (Å²) in [5.41, 5.74) is -1.52. The molecule has 1 aliphatic carbocycles. The van der Waals surface area contributed by atoms with E-state index in [9.17, 15) is 31.1 Å². The largest absolute Gasteiger partial charge is 0.400 e. The first-order valence-electron chi connectivity index (χ1n) is 6.45. The molecule has 1 fully saturated rings. The Hall–Kier alpha value is -0.750. The highest BCUT2D eigenvalue weighted by Crippen LogP contribution is 2.55. The zero-order chi connectivity index (χ0) is 15.9. The molecular weight excluding hydrogens is 286 g/mol. The maximum absolute atomic E-state index is 12.7. The second-order valence-corrected chi connectivity index (χ2v) is 6.00. The highest BCUT2D eigenvalue weighted by atomic mass is 19.4. The number of ketones is 1. The Morgan fingerprint density at radius 3 is 1.85 bits per heavy atom. The molecule has 1 nitrogen and oxygen atoms in total. The van der Waals surface area contributed by atoms with Crippen LogP contribution in [0.4, 0.5) is 26.3 Å². The topological polar surface area (TPSA) is 17.1 Å². The Morgan fingerprint density at radius 1 is 1.15 bits per heavy atom. The van der Waals surface area contributed by atoms with E-state index < -0.39 is 41.8 Å². The van der Waals surface area contributed by atoms with Crippen LogP contribution in [0.3, 0.4) is 0 Å². The van der Waals surface area contributed by atoms with Crippen LogP contribution >= 0.6 is 0 Å². The number of hydrogen-bond donors (Lipinski definition) is 0. The predicted molar refractivity (Wildman–Crippen MR) is 60.9 cm³/mol. The fraction of sp³-hybridized carbons (Fsp3) is 0.923. The van der Waals surface area contributed by atoms with Crippen LogP contribution in [0.15, 0.2) is 0 Å². The van der Waals surface area contributed by atoms with Gasteiger partial charge in [-0.2, -0.15) is 26.3 Å². The molecule has 0 spiro atoms. The van der Waals surface area contributed by atoms with Crippen molar-refractivity contribution >= 4 is 5.78 Å². The van der Waals surface area contributed by atoms with E-state index in [0.717, 1.165) is 6.92 Å². The third-order valence-electron chi connectivity index (χ3n) is 4.47. The number of rotatable bonds is 3. The van der Waals surface area contributed by atoms with Crippen LogP contribution in [0.25, 0.3) is 0 Å². The van der Waals surface area contributed by atoms with Gasteiger partial charge in [-0.1, -0.05) is 13.8 Å². The summed E-state index contributed by atoms with van der Waals surface area (Å²) in [7, 11) is 0. The summed E-state index contributed by atoms with van der Waals surface area (Å²) >= 11 is 0. The van der Waals surface area contributed by atoms with Gasteiger partial charge in [-0.05, 0) is 38.0 Å². The number of Topliss-reactive ketones (excluding diaryl/α,β-unsaturated/α-hetero) is 1. The SMILES string of the molecule is CC(=O)C1(CC(C(F)(F)F)C(F)(F)F)CC(C)CC1C. The van der Waals surface area contributed by atoms with E-state index in [1.165, 1.54) is 0 Å². The van der Waals surface area contributed by atoms with Gasteiger partial charge in [0, 0.05) is 5.41 Å². The molecule has 0 aliphatic heterocycles. The van der Waals surface area contributed by atoms with Gasteiger partial charge in [0.2, 0.25) is 0 Å². The zero-order valence-corrected chi connectivity index (χ0v) is 11.5. The molecule has 3 atom stereocenters. The van der Waals surface area contributed by atoms with Crippen molar-refractivity contribution in [2.24, 2.45) is 23.2 Å². The number of alkyl halides is 6. The van der Waals surface area contributed by atoms with Gasteiger partial charge in [-0.25, -0.2) is 0 Å². The van der Waals surface area contributed by atoms with Gasteiger partial charge in [-0.3, -0.25) is 4.79 Å². The minimum atomic E-state index is -5.38. The molecule has 0 heterocycles. The molecule has 0 saturated heterocycles. The van der Waals surface area contributed by atoms with Crippen molar-refractivity contribution in [2.75, 3.05) is 0 Å². The fourth-order valence-electron chi connectivity index (χ4n) is 3.44. The van der Waals surface area contributed by atoms with Crippen molar-refractivity contribution in [2.45, 2.75) is 52.4 Å². The van der Waals surface area contributed by atoms with Crippen LogP contribution < -0.4 is 0 Å². The summed E-state index contributed by atoms with van der Waals surface area (Å²) in [5, 5.41) is 0. The van der Waals surface area contributed by atoms with Gasteiger partial charge < -0.3 is 0 Å². The standard InChI is InChI=1S/C13H18F6O/c1-7-4-8(2)11(5-7,9(3)20)6-10(12(14,15)16)13(17,18)19/h7-8,10H,4-6H2,1-3H3. The van der Waals surface area contributed by atoms with E-state index in [1.54, 1.807) is 13.8 Å². The lowest BCUT2D eigenvalue weighted by Crippen LogP contribution is -2.44. The lowest BCUT2D eigenvalue weighted by Gasteiger charge is -2.36. The lowest BCUT2D eigenvalue weighted by molar-refractivity contribution is -0.291. The fourth-order valence-corrected chi connectivity index (χ4v) is 3.44. The molecule has 0 N–H and O–H groups in total. The summed E-state index contributed by atoms with van der Waals surface area (Å²) in [6, 6.07) is 0. The van der Waals surface area contributed by atoms with Crippen LogP contribution in [-0.2, 0) is 4.79 Å². The van der Waals surface area contributed by atoms with Crippen molar-refractivity contribution in [1.29, 1.82) is 0 Å². The minimum absolute atomic E-state index is 0.0454. The van der Waals surface area contributed by atoms with Crippen LogP contribution in [0.2, 0.25) is 0 Å². The second kappa shape index (κ2) is 5.22. The summed E-state index contributed by atoms with van der Waals surface area (Å²) in [6.45, 7) is 4.41. The zero-order valence-electron chi connectivity index (χ0n) is 11.5. The van der Waals surface area contributed by atoms with Gasteiger partial charge in [0.05, 0.1) is 0 Å². The van der Waals surface area contributed by atoms with E-state index >= 15 is 0 Å². The monoisotopic (exact) mass is 304 g/mol. The van der Waals surface area contributed by atoms with Gasteiger partial charge in [0.15, 0.2) is 5.92 Å². The van der Waals surface area contributed by atoms with Crippen LogP contribution in [0, 0.1) is 23.2 Å². The average Bonchev–Trinajstić information content (AvgIpc) is 2.47. The molecule has 118 valence electrons. The summed E-state index contributed by atoms with van der Waals surface area (Å²) < 4.78 is 76.2. The quantitative estimate of drug-likeness (QED) is 0.687. The number of hydrogen-bond acceptors (Lipinski definition) is 1. The summed E-state index contributed by atoms with van der Waals surface area (Å²) in [5.74, 6) is -4.53. The number of carbonyl (C=O) groups excluding carboxylic acids is 1. The third-order valence-corrected chi connectivity index (χ3v) is 4.47. The summed E-state index contributed by atoms with van der Waals surface area (Å²) in [6.07, 6.45) is -11.4. The molecule has 0 aromatic rings. The average molecular weight is 304 g/mol. The van der Waals surface area contributed by atoms with Crippen molar-refractivity contribution in [3.8, 4) is 0 Å². The highest BCUT2D eigenvalue weighted by molar-refractivity contribution is 5.83.